The fourth-order valence-electron chi connectivity index (χ4n) is 2.10. The molecule has 0 atom stereocenters. The van der Waals surface area contributed by atoms with E-state index in [2.05, 4.69) is 9.97 Å². The SMILES string of the molecule is Cc1cccc(Oc2cc(N)nc(Oc3cccc(C)c3)n2)c1. The van der Waals surface area contributed by atoms with Crippen LogP contribution in [-0.2, 0) is 0 Å². The molecule has 2 aromatic carbocycles. The van der Waals surface area contributed by atoms with E-state index in [9.17, 15) is 0 Å². The predicted molar refractivity (Wildman–Crippen MR) is 89.0 cm³/mol. The Morgan fingerprint density at radius 2 is 1.39 bits per heavy atom. The number of rotatable bonds is 4. The molecule has 116 valence electrons. The normalized spacial score (nSPS) is 10.3. The van der Waals surface area contributed by atoms with E-state index in [-0.39, 0.29) is 11.8 Å². The minimum atomic E-state index is 0.151. The predicted octanol–water partition coefficient (Wildman–Crippen LogP) is 4.26. The molecule has 23 heavy (non-hydrogen) atoms. The summed E-state index contributed by atoms with van der Waals surface area (Å²) in [6.45, 7) is 3.98. The van der Waals surface area contributed by atoms with Crippen molar-refractivity contribution >= 4 is 5.82 Å². The molecule has 5 nitrogen and oxygen atoms in total. The summed E-state index contributed by atoms with van der Waals surface area (Å²) in [6.07, 6.45) is 0. The van der Waals surface area contributed by atoms with Gasteiger partial charge >= 0.3 is 6.01 Å². The first-order valence-electron chi connectivity index (χ1n) is 7.22. The quantitative estimate of drug-likeness (QED) is 0.779. The molecule has 0 saturated carbocycles. The van der Waals surface area contributed by atoms with Crippen molar-refractivity contribution in [3.63, 3.8) is 0 Å². The highest BCUT2D eigenvalue weighted by Gasteiger charge is 2.07. The number of hydrogen-bond donors (Lipinski definition) is 1. The number of aryl methyl sites for hydroxylation is 2. The standard InChI is InChI=1S/C18H17N3O2/c1-12-5-3-7-14(9-12)22-17-11-16(19)20-18(21-17)23-15-8-4-6-13(2)10-15/h3-11H,1-2H3,(H2,19,20,21). The molecular weight excluding hydrogens is 290 g/mol. The molecule has 0 saturated heterocycles. The van der Waals surface area contributed by atoms with Crippen LogP contribution in [0.3, 0.4) is 0 Å². The van der Waals surface area contributed by atoms with Crippen molar-refractivity contribution in [3.8, 4) is 23.4 Å². The van der Waals surface area contributed by atoms with E-state index in [1.165, 1.54) is 0 Å². The highest BCUT2D eigenvalue weighted by atomic mass is 16.5. The third-order valence-corrected chi connectivity index (χ3v) is 3.11. The number of ether oxygens (including phenoxy) is 2. The molecule has 0 radical (unpaired) electrons. The van der Waals surface area contributed by atoms with E-state index in [1.54, 1.807) is 6.07 Å². The van der Waals surface area contributed by atoms with Crippen LogP contribution in [0.15, 0.2) is 54.6 Å². The summed E-state index contributed by atoms with van der Waals surface area (Å²) in [4.78, 5) is 8.33. The van der Waals surface area contributed by atoms with Crippen LogP contribution in [0.2, 0.25) is 0 Å². The van der Waals surface area contributed by atoms with Crippen molar-refractivity contribution in [1.82, 2.24) is 9.97 Å². The second-order valence-electron chi connectivity index (χ2n) is 5.25. The zero-order valence-electron chi connectivity index (χ0n) is 13.0. The maximum absolute atomic E-state index is 5.82. The lowest BCUT2D eigenvalue weighted by Gasteiger charge is -2.09. The minimum absolute atomic E-state index is 0.151. The summed E-state index contributed by atoms with van der Waals surface area (Å²) >= 11 is 0. The van der Waals surface area contributed by atoms with E-state index < -0.39 is 0 Å². The fraction of sp³-hybridized carbons (Fsp3) is 0.111. The molecule has 3 aromatic rings. The number of nitrogen functional groups attached to an aromatic ring is 1. The van der Waals surface area contributed by atoms with Crippen LogP contribution in [0.5, 0.6) is 23.4 Å². The van der Waals surface area contributed by atoms with Gasteiger partial charge < -0.3 is 15.2 Å². The first-order chi connectivity index (χ1) is 11.1. The lowest BCUT2D eigenvalue weighted by molar-refractivity contribution is 0.412. The number of benzene rings is 2. The Morgan fingerprint density at radius 1 is 0.783 bits per heavy atom. The Balaban J connectivity index is 1.84. The van der Waals surface area contributed by atoms with Gasteiger partial charge in [0.1, 0.15) is 17.3 Å². The Kier molecular flexibility index (Phi) is 4.10. The van der Waals surface area contributed by atoms with Crippen LogP contribution in [0, 0.1) is 13.8 Å². The molecule has 3 rings (SSSR count). The molecule has 0 unspecified atom stereocenters. The molecule has 0 aliphatic carbocycles. The summed E-state index contributed by atoms with van der Waals surface area (Å²) in [5.41, 5.74) is 8.00. The van der Waals surface area contributed by atoms with Crippen molar-refractivity contribution in [2.45, 2.75) is 13.8 Å². The molecule has 0 spiro atoms. The number of nitrogens with zero attached hydrogens (tertiary/aromatic N) is 2. The molecule has 0 fully saturated rings. The summed E-state index contributed by atoms with van der Waals surface area (Å²) < 4.78 is 11.4. The van der Waals surface area contributed by atoms with E-state index in [0.717, 1.165) is 11.1 Å². The van der Waals surface area contributed by atoms with Gasteiger partial charge in [-0.15, -0.1) is 0 Å². The average molecular weight is 307 g/mol. The number of aromatic nitrogens is 2. The molecule has 0 bridgehead atoms. The number of hydrogen-bond acceptors (Lipinski definition) is 5. The number of anilines is 1. The van der Waals surface area contributed by atoms with Gasteiger partial charge in [0.2, 0.25) is 5.88 Å². The van der Waals surface area contributed by atoms with Crippen LogP contribution < -0.4 is 15.2 Å². The Labute approximate surface area is 134 Å². The molecule has 0 aliphatic heterocycles. The van der Waals surface area contributed by atoms with Gasteiger partial charge in [-0.1, -0.05) is 24.3 Å². The van der Waals surface area contributed by atoms with Crippen molar-refractivity contribution in [1.29, 1.82) is 0 Å². The monoisotopic (exact) mass is 307 g/mol. The Morgan fingerprint density at radius 3 is 2.00 bits per heavy atom. The lowest BCUT2D eigenvalue weighted by Crippen LogP contribution is -1.99. The van der Waals surface area contributed by atoms with Crippen molar-refractivity contribution in [2.75, 3.05) is 5.73 Å². The van der Waals surface area contributed by atoms with Crippen molar-refractivity contribution < 1.29 is 9.47 Å². The molecule has 2 N–H and O–H groups in total. The highest BCUT2D eigenvalue weighted by molar-refractivity contribution is 5.39. The minimum Gasteiger partial charge on any atom is -0.439 e. The van der Waals surface area contributed by atoms with E-state index in [4.69, 9.17) is 15.2 Å². The fourth-order valence-corrected chi connectivity index (χ4v) is 2.10. The summed E-state index contributed by atoms with van der Waals surface area (Å²) in [7, 11) is 0. The molecule has 1 heterocycles. The van der Waals surface area contributed by atoms with Crippen molar-refractivity contribution in [3.05, 3.63) is 65.7 Å². The zero-order valence-corrected chi connectivity index (χ0v) is 13.0. The topological polar surface area (TPSA) is 70.3 Å². The van der Waals surface area contributed by atoms with Crippen LogP contribution in [0.4, 0.5) is 5.82 Å². The largest absolute Gasteiger partial charge is 0.439 e. The third-order valence-electron chi connectivity index (χ3n) is 3.11. The molecular formula is C18H17N3O2. The average Bonchev–Trinajstić information content (AvgIpc) is 2.46. The van der Waals surface area contributed by atoms with Gasteiger partial charge in [0.25, 0.3) is 0 Å². The molecule has 5 heteroatoms. The molecule has 1 aromatic heterocycles. The van der Waals surface area contributed by atoms with E-state index in [1.807, 2.05) is 62.4 Å². The van der Waals surface area contributed by atoms with Crippen LogP contribution in [0.1, 0.15) is 11.1 Å². The highest BCUT2D eigenvalue weighted by Crippen LogP contribution is 2.26. The first-order valence-corrected chi connectivity index (χ1v) is 7.22. The third kappa shape index (κ3) is 3.97. The van der Waals surface area contributed by atoms with Crippen LogP contribution >= 0.6 is 0 Å². The maximum atomic E-state index is 5.82. The smallest absolute Gasteiger partial charge is 0.327 e. The maximum Gasteiger partial charge on any atom is 0.327 e. The summed E-state index contributed by atoms with van der Waals surface area (Å²) in [6, 6.07) is 17.0. The Hall–Kier alpha value is -3.08. The summed E-state index contributed by atoms with van der Waals surface area (Å²) in [5, 5.41) is 0. The van der Waals surface area contributed by atoms with Gasteiger partial charge in [-0.25, -0.2) is 0 Å². The Bertz CT molecular complexity index is 768. The van der Waals surface area contributed by atoms with Crippen molar-refractivity contribution in [2.24, 2.45) is 0 Å². The molecule has 0 amide bonds. The zero-order chi connectivity index (χ0) is 16.2. The van der Waals surface area contributed by atoms with Gasteiger partial charge in [0, 0.05) is 6.07 Å². The van der Waals surface area contributed by atoms with E-state index in [0.29, 0.717) is 17.4 Å². The van der Waals surface area contributed by atoms with Gasteiger partial charge in [-0.2, -0.15) is 9.97 Å². The molecule has 0 aliphatic rings. The van der Waals surface area contributed by atoms with Crippen LogP contribution in [-0.4, -0.2) is 9.97 Å². The van der Waals surface area contributed by atoms with Gasteiger partial charge in [-0.3, -0.25) is 0 Å². The van der Waals surface area contributed by atoms with E-state index >= 15 is 0 Å². The van der Waals surface area contributed by atoms with Gasteiger partial charge in [0.05, 0.1) is 0 Å². The summed E-state index contributed by atoms with van der Waals surface area (Å²) in [5.74, 6) is 1.96. The van der Waals surface area contributed by atoms with Gasteiger partial charge in [0.15, 0.2) is 0 Å². The van der Waals surface area contributed by atoms with Crippen LogP contribution in [0.25, 0.3) is 0 Å². The second kappa shape index (κ2) is 6.36. The van der Waals surface area contributed by atoms with Gasteiger partial charge in [-0.05, 0) is 49.2 Å². The lowest BCUT2D eigenvalue weighted by atomic mass is 10.2. The second-order valence-corrected chi connectivity index (χ2v) is 5.25. The number of nitrogens with two attached hydrogens (primary N) is 1. The first kappa shape index (κ1) is 14.8.